The Morgan fingerprint density at radius 2 is 1.23 bits per heavy atom. The van der Waals surface area contributed by atoms with Crippen LogP contribution in [0.15, 0.2) is 4.99 Å². The summed E-state index contributed by atoms with van der Waals surface area (Å²) in [5, 5.41) is 3.46. The van der Waals surface area contributed by atoms with Gasteiger partial charge in [0.1, 0.15) is 0 Å². The number of amidine groups is 1. The van der Waals surface area contributed by atoms with Crippen molar-refractivity contribution in [2.24, 2.45) is 4.99 Å². The van der Waals surface area contributed by atoms with Crippen molar-refractivity contribution < 1.29 is 9.59 Å². The topological polar surface area (TPSA) is 65.0 Å². The van der Waals surface area contributed by atoms with E-state index in [0.29, 0.717) is 0 Å². The highest BCUT2D eigenvalue weighted by Gasteiger charge is 2.48. The first-order valence-corrected chi connectivity index (χ1v) is 15.6. The molecule has 0 spiro atoms. The van der Waals surface area contributed by atoms with Gasteiger partial charge < -0.3 is 9.80 Å². The average Bonchev–Trinajstić information content (AvgIpc) is 3.21. The molecule has 2 atom stereocenters. The smallest absolute Gasteiger partial charge is 0.325 e. The molecule has 6 nitrogen and oxygen atoms in total. The Bertz CT molecular complexity index is 642. The fourth-order valence-electron chi connectivity index (χ4n) is 5.02. The maximum absolute atomic E-state index is 12.7. The van der Waals surface area contributed by atoms with Gasteiger partial charge in [0.25, 0.3) is 5.91 Å². The van der Waals surface area contributed by atoms with Crippen LogP contribution < -0.4 is 5.32 Å². The van der Waals surface area contributed by atoms with Gasteiger partial charge in [-0.2, -0.15) is 0 Å². The van der Waals surface area contributed by atoms with Gasteiger partial charge in [-0.3, -0.25) is 10.1 Å². The van der Waals surface area contributed by atoms with E-state index in [1.807, 2.05) is 0 Å². The number of hydrogen-bond acceptors (Lipinski definition) is 5. The Labute approximate surface area is 219 Å². The summed E-state index contributed by atoms with van der Waals surface area (Å²) in [7, 11) is 1.74. The van der Waals surface area contributed by atoms with Crippen molar-refractivity contribution in [3.8, 4) is 0 Å². The molecule has 0 aromatic carbocycles. The van der Waals surface area contributed by atoms with Crippen molar-refractivity contribution in [1.29, 1.82) is 0 Å². The second-order valence-corrected chi connectivity index (χ2v) is 11.4. The average molecular weight is 509 g/mol. The summed E-state index contributed by atoms with van der Waals surface area (Å²) in [5.41, 5.74) is 0. The molecular formula is C28H52N4O2S. The highest BCUT2D eigenvalue weighted by molar-refractivity contribution is 8.13. The SMILES string of the molecule is CCCCCCCCCCCCCCCCN1C(SCCCCCC)=NC2C1C(=O)NC(=O)N2C. The molecule has 2 unspecified atom stereocenters. The third-order valence-electron chi connectivity index (χ3n) is 7.30. The van der Waals surface area contributed by atoms with E-state index in [0.717, 1.165) is 23.9 Å². The van der Waals surface area contributed by atoms with E-state index in [9.17, 15) is 9.59 Å². The fourth-order valence-corrected chi connectivity index (χ4v) is 6.11. The van der Waals surface area contributed by atoms with Crippen molar-refractivity contribution in [3.63, 3.8) is 0 Å². The molecule has 1 saturated heterocycles. The van der Waals surface area contributed by atoms with Gasteiger partial charge in [-0.15, -0.1) is 0 Å². The minimum Gasteiger partial charge on any atom is -0.336 e. The van der Waals surface area contributed by atoms with E-state index in [-0.39, 0.29) is 24.1 Å². The quantitative estimate of drug-likeness (QED) is 0.175. The Morgan fingerprint density at radius 1 is 0.743 bits per heavy atom. The molecule has 0 bridgehead atoms. The number of carbonyl (C=O) groups is 2. The molecule has 0 aromatic rings. The Hall–Kier alpha value is -1.24. The number of aliphatic imine (C=N–C) groups is 1. The molecule has 0 aromatic heterocycles. The van der Waals surface area contributed by atoms with Gasteiger partial charge in [0.2, 0.25) is 0 Å². The number of amides is 3. The predicted octanol–water partition coefficient (Wildman–Crippen LogP) is 7.33. The number of hydrogen-bond donors (Lipinski definition) is 1. The highest BCUT2D eigenvalue weighted by atomic mass is 32.2. The number of carbonyl (C=O) groups excluding carboxylic acids is 2. The summed E-state index contributed by atoms with van der Waals surface area (Å²) < 4.78 is 0. The van der Waals surface area contributed by atoms with Gasteiger partial charge in [0.15, 0.2) is 17.4 Å². The number of rotatable bonds is 20. The lowest BCUT2D eigenvalue weighted by molar-refractivity contribution is -0.127. The first-order chi connectivity index (χ1) is 17.1. The lowest BCUT2D eigenvalue weighted by Gasteiger charge is -2.36. The van der Waals surface area contributed by atoms with Crippen LogP contribution in [0.1, 0.15) is 129 Å². The number of unbranched alkanes of at least 4 members (excludes halogenated alkanes) is 16. The zero-order valence-electron chi connectivity index (χ0n) is 22.9. The minimum atomic E-state index is -0.388. The standard InChI is InChI=1S/C28H52N4O2S/c1-4-6-8-10-11-12-13-14-15-16-17-18-19-20-22-32-24-25(31(3)27(34)30-26(24)33)29-28(32)35-23-21-9-7-5-2/h24-25H,4-23H2,1-3H3,(H,30,33,34). The molecule has 1 fully saturated rings. The van der Waals surface area contributed by atoms with Crippen LogP contribution in [0.25, 0.3) is 0 Å². The molecule has 35 heavy (non-hydrogen) atoms. The lowest BCUT2D eigenvalue weighted by Crippen LogP contribution is -2.63. The van der Waals surface area contributed by atoms with Crippen LogP contribution in [0.2, 0.25) is 0 Å². The van der Waals surface area contributed by atoms with Gasteiger partial charge >= 0.3 is 6.03 Å². The summed E-state index contributed by atoms with van der Waals surface area (Å²) in [6.07, 6.45) is 23.3. The van der Waals surface area contributed by atoms with Crippen molar-refractivity contribution in [2.75, 3.05) is 19.3 Å². The second kappa shape index (κ2) is 18.1. The zero-order valence-corrected chi connectivity index (χ0v) is 23.7. The number of nitrogens with one attached hydrogen (secondary N) is 1. The van der Waals surface area contributed by atoms with Crippen LogP contribution in [0.5, 0.6) is 0 Å². The molecule has 2 aliphatic heterocycles. The molecular weight excluding hydrogens is 456 g/mol. The first-order valence-electron chi connectivity index (χ1n) is 14.6. The van der Waals surface area contributed by atoms with Crippen molar-refractivity contribution in [2.45, 2.75) is 142 Å². The normalized spacial score (nSPS) is 19.8. The Morgan fingerprint density at radius 3 is 1.77 bits per heavy atom. The van der Waals surface area contributed by atoms with Crippen LogP contribution in [0, 0.1) is 0 Å². The minimum absolute atomic E-state index is 0.200. The van der Waals surface area contributed by atoms with E-state index in [1.165, 1.54) is 109 Å². The molecule has 2 rings (SSSR count). The first kappa shape index (κ1) is 30.0. The molecule has 3 amide bonds. The number of imide groups is 1. The summed E-state index contributed by atoms with van der Waals surface area (Å²) in [6, 6.07) is -0.719. The van der Waals surface area contributed by atoms with Gasteiger partial charge in [0.05, 0.1) is 0 Å². The molecule has 0 saturated carbocycles. The fraction of sp³-hybridized carbons (Fsp3) is 0.893. The van der Waals surface area contributed by atoms with E-state index in [2.05, 4.69) is 24.1 Å². The molecule has 202 valence electrons. The summed E-state index contributed by atoms with van der Waals surface area (Å²) >= 11 is 1.76. The van der Waals surface area contributed by atoms with Crippen LogP contribution in [-0.4, -0.2) is 58.5 Å². The number of likely N-dealkylation sites (N-methyl/N-ethyl adjacent to an activating group) is 1. The van der Waals surface area contributed by atoms with E-state index < -0.39 is 0 Å². The summed E-state index contributed by atoms with van der Waals surface area (Å²) in [4.78, 5) is 33.3. The van der Waals surface area contributed by atoms with E-state index in [1.54, 1.807) is 23.7 Å². The molecule has 0 aliphatic carbocycles. The zero-order chi connectivity index (χ0) is 25.3. The molecule has 0 radical (unpaired) electrons. The second-order valence-electron chi connectivity index (χ2n) is 10.4. The largest absolute Gasteiger partial charge is 0.336 e. The van der Waals surface area contributed by atoms with Crippen molar-refractivity contribution in [3.05, 3.63) is 0 Å². The molecule has 7 heteroatoms. The number of fused-ring (bicyclic) bond motifs is 1. The lowest BCUT2D eigenvalue weighted by atomic mass is 10.0. The summed E-state index contributed by atoms with van der Waals surface area (Å²) in [5.74, 6) is 0.820. The molecule has 2 aliphatic rings. The van der Waals surface area contributed by atoms with Gasteiger partial charge in [-0.05, 0) is 12.8 Å². The third kappa shape index (κ3) is 10.7. The molecule has 2 heterocycles. The third-order valence-corrected chi connectivity index (χ3v) is 8.40. The number of nitrogens with zero attached hydrogens (tertiary/aromatic N) is 3. The van der Waals surface area contributed by atoms with E-state index in [4.69, 9.17) is 4.99 Å². The monoisotopic (exact) mass is 508 g/mol. The van der Waals surface area contributed by atoms with Gasteiger partial charge in [-0.1, -0.05) is 128 Å². The maximum Gasteiger partial charge on any atom is 0.325 e. The molecule has 1 N–H and O–H groups in total. The highest BCUT2D eigenvalue weighted by Crippen LogP contribution is 2.29. The van der Waals surface area contributed by atoms with Gasteiger partial charge in [-0.25, -0.2) is 9.79 Å². The van der Waals surface area contributed by atoms with E-state index >= 15 is 0 Å². The predicted molar refractivity (Wildman–Crippen MR) is 150 cm³/mol. The Kier molecular flexibility index (Phi) is 15.5. The van der Waals surface area contributed by atoms with Gasteiger partial charge in [0, 0.05) is 19.3 Å². The van der Waals surface area contributed by atoms with Crippen LogP contribution in [0.4, 0.5) is 4.79 Å². The van der Waals surface area contributed by atoms with Crippen LogP contribution in [0.3, 0.4) is 0 Å². The maximum atomic E-state index is 12.7. The number of urea groups is 1. The van der Waals surface area contributed by atoms with Crippen molar-refractivity contribution in [1.82, 2.24) is 15.1 Å². The van der Waals surface area contributed by atoms with Crippen LogP contribution >= 0.6 is 11.8 Å². The van der Waals surface area contributed by atoms with Crippen molar-refractivity contribution >= 4 is 28.9 Å². The van der Waals surface area contributed by atoms with Crippen LogP contribution in [-0.2, 0) is 4.79 Å². The Balaban J connectivity index is 1.64. The summed E-state index contributed by atoms with van der Waals surface area (Å²) in [6.45, 7) is 5.35. The number of thioether (sulfide) groups is 1.